The topological polar surface area (TPSA) is 59.0 Å². The van der Waals surface area contributed by atoms with E-state index in [2.05, 4.69) is 28.3 Å². The van der Waals surface area contributed by atoms with E-state index in [4.69, 9.17) is 9.47 Å². The van der Waals surface area contributed by atoms with Gasteiger partial charge in [-0.15, -0.1) is 24.0 Å². The molecule has 0 fully saturated rings. The molecule has 1 aromatic heterocycles. The number of ether oxygens (including phenoxy) is 2. The second kappa shape index (κ2) is 11.6. The lowest BCUT2D eigenvalue weighted by Gasteiger charge is -2.22. The Morgan fingerprint density at radius 1 is 1.19 bits per heavy atom. The van der Waals surface area contributed by atoms with E-state index in [9.17, 15) is 0 Å². The Hall–Kier alpha value is -2.03. The number of aliphatic imine (C=N–C) groups is 1. The molecule has 1 aromatic carbocycles. The molecule has 0 saturated heterocycles. The molecular formula is C19H27IN4O2. The zero-order valence-corrected chi connectivity index (χ0v) is 18.1. The summed E-state index contributed by atoms with van der Waals surface area (Å²) < 4.78 is 10.9. The van der Waals surface area contributed by atoms with Crippen LogP contribution in [0.1, 0.15) is 11.3 Å². The maximum Gasteiger partial charge on any atom is 0.193 e. The van der Waals surface area contributed by atoms with Crippen LogP contribution in [-0.4, -0.2) is 50.2 Å². The molecule has 0 spiro atoms. The van der Waals surface area contributed by atoms with E-state index in [0.29, 0.717) is 19.7 Å². The lowest BCUT2D eigenvalue weighted by molar-refractivity contribution is 0.281. The third kappa shape index (κ3) is 6.70. The minimum Gasteiger partial charge on any atom is -0.497 e. The maximum atomic E-state index is 5.76. The molecule has 2 rings (SSSR count). The minimum atomic E-state index is 0. The van der Waals surface area contributed by atoms with Gasteiger partial charge in [0.05, 0.1) is 25.9 Å². The van der Waals surface area contributed by atoms with Gasteiger partial charge in [-0.1, -0.05) is 6.07 Å². The van der Waals surface area contributed by atoms with Gasteiger partial charge < -0.3 is 19.7 Å². The predicted molar refractivity (Wildman–Crippen MR) is 116 cm³/mol. The van der Waals surface area contributed by atoms with Gasteiger partial charge in [0, 0.05) is 20.3 Å². The van der Waals surface area contributed by atoms with E-state index in [-0.39, 0.29) is 24.0 Å². The molecule has 7 heteroatoms. The Kier molecular flexibility index (Phi) is 9.79. The van der Waals surface area contributed by atoms with Gasteiger partial charge in [-0.3, -0.25) is 9.98 Å². The lowest BCUT2D eigenvalue weighted by Crippen LogP contribution is -2.40. The van der Waals surface area contributed by atoms with Crippen molar-refractivity contribution >= 4 is 29.9 Å². The van der Waals surface area contributed by atoms with Crippen LogP contribution in [0.4, 0.5) is 0 Å². The molecule has 0 aliphatic carbocycles. The Morgan fingerprint density at radius 3 is 2.50 bits per heavy atom. The molecule has 1 N–H and O–H groups in total. The maximum absolute atomic E-state index is 5.76. The smallest absolute Gasteiger partial charge is 0.193 e. The largest absolute Gasteiger partial charge is 0.497 e. The molecule has 0 aliphatic heterocycles. The van der Waals surface area contributed by atoms with E-state index < -0.39 is 0 Å². The van der Waals surface area contributed by atoms with Crippen LogP contribution >= 0.6 is 24.0 Å². The summed E-state index contributed by atoms with van der Waals surface area (Å²) >= 11 is 0. The summed E-state index contributed by atoms with van der Waals surface area (Å²) in [5.74, 6) is 2.45. The van der Waals surface area contributed by atoms with E-state index in [1.807, 2.05) is 42.3 Å². The van der Waals surface area contributed by atoms with Crippen LogP contribution in [0.5, 0.6) is 11.5 Å². The number of aromatic nitrogens is 1. The van der Waals surface area contributed by atoms with Crippen LogP contribution in [0.3, 0.4) is 0 Å². The van der Waals surface area contributed by atoms with Crippen molar-refractivity contribution in [3.8, 4) is 11.5 Å². The average Bonchev–Trinajstić information content (AvgIpc) is 2.64. The van der Waals surface area contributed by atoms with Crippen molar-refractivity contribution in [1.82, 2.24) is 15.2 Å². The van der Waals surface area contributed by atoms with Crippen molar-refractivity contribution < 1.29 is 9.47 Å². The second-order valence-electron chi connectivity index (χ2n) is 5.61. The fourth-order valence-electron chi connectivity index (χ4n) is 2.33. The first-order valence-corrected chi connectivity index (χ1v) is 8.23. The summed E-state index contributed by atoms with van der Waals surface area (Å²) in [5.41, 5.74) is 2.18. The molecular weight excluding hydrogens is 443 g/mol. The van der Waals surface area contributed by atoms with Crippen LogP contribution < -0.4 is 14.8 Å². The summed E-state index contributed by atoms with van der Waals surface area (Å²) in [6.07, 6.45) is 1.80. The molecule has 0 radical (unpaired) electrons. The fraction of sp³-hybridized carbons (Fsp3) is 0.368. The summed E-state index contributed by atoms with van der Waals surface area (Å²) in [7, 11) is 5.41. The van der Waals surface area contributed by atoms with Gasteiger partial charge in [0.1, 0.15) is 18.1 Å². The molecule has 1 heterocycles. The molecule has 0 aliphatic rings. The highest BCUT2D eigenvalue weighted by molar-refractivity contribution is 14.0. The zero-order chi connectivity index (χ0) is 18.1. The zero-order valence-electron chi connectivity index (χ0n) is 15.7. The Labute approximate surface area is 172 Å². The van der Waals surface area contributed by atoms with Gasteiger partial charge in [-0.2, -0.15) is 0 Å². The van der Waals surface area contributed by atoms with Crippen molar-refractivity contribution in [2.24, 2.45) is 4.99 Å². The summed E-state index contributed by atoms with van der Waals surface area (Å²) in [6, 6.07) is 11.6. The molecule has 2 aromatic rings. The van der Waals surface area contributed by atoms with E-state index in [0.717, 1.165) is 28.7 Å². The van der Waals surface area contributed by atoms with Crippen molar-refractivity contribution in [2.75, 3.05) is 34.4 Å². The number of hydrogen-bond donors (Lipinski definition) is 1. The monoisotopic (exact) mass is 470 g/mol. The van der Waals surface area contributed by atoms with Crippen molar-refractivity contribution in [2.45, 2.75) is 13.5 Å². The number of pyridine rings is 1. The van der Waals surface area contributed by atoms with E-state index in [1.54, 1.807) is 20.4 Å². The minimum absolute atomic E-state index is 0. The molecule has 142 valence electrons. The van der Waals surface area contributed by atoms with Crippen LogP contribution in [0.2, 0.25) is 0 Å². The molecule has 26 heavy (non-hydrogen) atoms. The molecule has 6 nitrogen and oxygen atoms in total. The first kappa shape index (κ1) is 22.0. The van der Waals surface area contributed by atoms with Crippen LogP contribution in [0, 0.1) is 6.92 Å². The van der Waals surface area contributed by atoms with Gasteiger partial charge in [-0.05, 0) is 42.8 Å². The molecule has 0 bridgehead atoms. The first-order valence-electron chi connectivity index (χ1n) is 8.23. The van der Waals surface area contributed by atoms with Gasteiger partial charge in [0.15, 0.2) is 5.96 Å². The highest BCUT2D eigenvalue weighted by atomic mass is 127. The van der Waals surface area contributed by atoms with Crippen LogP contribution in [-0.2, 0) is 6.54 Å². The molecule has 0 atom stereocenters. The highest BCUT2D eigenvalue weighted by Crippen LogP contribution is 2.16. The highest BCUT2D eigenvalue weighted by Gasteiger charge is 2.07. The van der Waals surface area contributed by atoms with Crippen LogP contribution in [0.15, 0.2) is 47.6 Å². The summed E-state index contributed by atoms with van der Waals surface area (Å²) in [6.45, 7) is 3.97. The Balaban J connectivity index is 0.00000338. The SMILES string of the molecule is CN=C(NCc1ncccc1C)N(C)CCOc1ccc(OC)cc1.I. The number of nitrogens with zero attached hydrogens (tertiary/aromatic N) is 3. The number of methoxy groups -OCH3 is 1. The third-order valence-electron chi connectivity index (χ3n) is 3.86. The third-order valence-corrected chi connectivity index (χ3v) is 3.86. The van der Waals surface area contributed by atoms with E-state index >= 15 is 0 Å². The number of halogens is 1. The van der Waals surface area contributed by atoms with Crippen molar-refractivity contribution in [3.05, 3.63) is 53.9 Å². The number of benzene rings is 1. The average molecular weight is 470 g/mol. The molecule has 0 saturated carbocycles. The van der Waals surface area contributed by atoms with E-state index in [1.165, 1.54) is 0 Å². The Morgan fingerprint density at radius 2 is 1.88 bits per heavy atom. The number of aryl methyl sites for hydroxylation is 1. The number of nitrogens with one attached hydrogen (secondary N) is 1. The number of hydrogen-bond acceptors (Lipinski definition) is 4. The Bertz CT molecular complexity index is 692. The number of rotatable bonds is 7. The molecule has 0 amide bonds. The standard InChI is InChI=1S/C19H26N4O2.HI/c1-15-6-5-11-21-18(15)14-22-19(20-2)23(3)12-13-25-17-9-7-16(24-4)8-10-17;/h5-11H,12-14H2,1-4H3,(H,20,22);1H. The van der Waals surface area contributed by atoms with Gasteiger partial charge >= 0.3 is 0 Å². The quantitative estimate of drug-likeness (QED) is 0.383. The van der Waals surface area contributed by atoms with Gasteiger partial charge in [0.25, 0.3) is 0 Å². The molecule has 0 unspecified atom stereocenters. The van der Waals surface area contributed by atoms with Crippen molar-refractivity contribution in [1.29, 1.82) is 0 Å². The van der Waals surface area contributed by atoms with Crippen molar-refractivity contribution in [3.63, 3.8) is 0 Å². The number of guanidine groups is 1. The van der Waals surface area contributed by atoms with Gasteiger partial charge in [0.2, 0.25) is 0 Å². The second-order valence-corrected chi connectivity index (χ2v) is 5.61. The van der Waals surface area contributed by atoms with Crippen LogP contribution in [0.25, 0.3) is 0 Å². The summed E-state index contributed by atoms with van der Waals surface area (Å²) in [4.78, 5) is 10.7. The lowest BCUT2D eigenvalue weighted by atomic mass is 10.2. The predicted octanol–water partition coefficient (Wildman–Crippen LogP) is 3.10. The fourth-order valence-corrected chi connectivity index (χ4v) is 2.33. The number of likely N-dealkylation sites (N-methyl/N-ethyl adjacent to an activating group) is 1. The summed E-state index contributed by atoms with van der Waals surface area (Å²) in [5, 5.41) is 3.33. The van der Waals surface area contributed by atoms with Gasteiger partial charge in [-0.25, -0.2) is 0 Å². The normalized spacial score (nSPS) is 10.7. The first-order chi connectivity index (χ1) is 12.1.